The molecule has 4 heteroatoms. The van der Waals surface area contributed by atoms with Gasteiger partial charge < -0.3 is 9.80 Å². The van der Waals surface area contributed by atoms with Crippen LogP contribution in [0.3, 0.4) is 0 Å². The van der Waals surface area contributed by atoms with Gasteiger partial charge in [-0.15, -0.1) is 0 Å². The summed E-state index contributed by atoms with van der Waals surface area (Å²) in [6.07, 6.45) is 0.950. The number of ketones is 1. The highest BCUT2D eigenvalue weighted by atomic mass is 16.2. The molecule has 3 rings (SSSR count). The quantitative estimate of drug-likeness (QED) is 0.819. The summed E-state index contributed by atoms with van der Waals surface area (Å²) in [6.45, 7) is 3.48. The standard InChI is InChI=1S/C16H20N2O2/c1-17-6-8-18(9-7-17)16(20)11-12-10-15(19)14-5-3-2-4-13(12)14/h2-5,12H,6-11H2,1H3. The number of rotatable bonds is 2. The number of likely N-dealkylation sites (N-methyl/N-ethyl adjacent to an activating group) is 1. The van der Waals surface area contributed by atoms with Crippen LogP contribution in [0, 0.1) is 0 Å². The largest absolute Gasteiger partial charge is 0.340 e. The van der Waals surface area contributed by atoms with E-state index in [1.54, 1.807) is 0 Å². The number of hydrogen-bond acceptors (Lipinski definition) is 3. The number of nitrogens with zero attached hydrogens (tertiary/aromatic N) is 2. The topological polar surface area (TPSA) is 40.6 Å². The van der Waals surface area contributed by atoms with Crippen molar-refractivity contribution in [3.8, 4) is 0 Å². The summed E-state index contributed by atoms with van der Waals surface area (Å²) >= 11 is 0. The van der Waals surface area contributed by atoms with Crippen molar-refractivity contribution in [2.24, 2.45) is 0 Å². The number of hydrogen-bond donors (Lipinski definition) is 0. The fraction of sp³-hybridized carbons (Fsp3) is 0.500. The Balaban J connectivity index is 1.67. The van der Waals surface area contributed by atoms with Crippen molar-refractivity contribution in [2.75, 3.05) is 33.2 Å². The first kappa shape index (κ1) is 13.3. The van der Waals surface area contributed by atoms with Crippen LogP contribution in [-0.4, -0.2) is 54.7 Å². The molecule has 1 aromatic carbocycles. The summed E-state index contributed by atoms with van der Waals surface area (Å²) in [5.74, 6) is 0.440. The Morgan fingerprint density at radius 2 is 1.90 bits per heavy atom. The third-order valence-corrected chi connectivity index (χ3v) is 4.41. The zero-order valence-electron chi connectivity index (χ0n) is 11.8. The zero-order valence-corrected chi connectivity index (χ0v) is 11.8. The van der Waals surface area contributed by atoms with Crippen molar-refractivity contribution in [1.29, 1.82) is 0 Å². The van der Waals surface area contributed by atoms with E-state index in [-0.39, 0.29) is 17.6 Å². The summed E-state index contributed by atoms with van der Waals surface area (Å²) in [5, 5.41) is 0. The van der Waals surface area contributed by atoms with Gasteiger partial charge in [-0.2, -0.15) is 0 Å². The van der Waals surface area contributed by atoms with Gasteiger partial charge in [-0.05, 0) is 12.6 Å². The van der Waals surface area contributed by atoms with Crippen molar-refractivity contribution < 1.29 is 9.59 Å². The Morgan fingerprint density at radius 1 is 1.20 bits per heavy atom. The van der Waals surface area contributed by atoms with Crippen LogP contribution in [0.5, 0.6) is 0 Å². The molecule has 0 bridgehead atoms. The summed E-state index contributed by atoms with van der Waals surface area (Å²) in [5.41, 5.74) is 1.86. The van der Waals surface area contributed by atoms with Gasteiger partial charge in [0.2, 0.25) is 5.91 Å². The average molecular weight is 272 g/mol. The van der Waals surface area contributed by atoms with Crippen LogP contribution >= 0.6 is 0 Å². The van der Waals surface area contributed by atoms with E-state index in [9.17, 15) is 9.59 Å². The van der Waals surface area contributed by atoms with Crippen LogP contribution in [0.2, 0.25) is 0 Å². The minimum atomic E-state index is 0.0749. The molecule has 1 unspecified atom stereocenters. The number of benzene rings is 1. The van der Waals surface area contributed by atoms with Gasteiger partial charge in [0.15, 0.2) is 5.78 Å². The highest BCUT2D eigenvalue weighted by Crippen LogP contribution is 2.35. The molecule has 0 radical (unpaired) electrons. The Labute approximate surface area is 119 Å². The predicted molar refractivity (Wildman–Crippen MR) is 76.8 cm³/mol. The van der Waals surface area contributed by atoms with E-state index in [4.69, 9.17) is 0 Å². The Bertz CT molecular complexity index is 533. The highest BCUT2D eigenvalue weighted by molar-refractivity contribution is 6.01. The summed E-state index contributed by atoms with van der Waals surface area (Å²) in [4.78, 5) is 28.5. The van der Waals surface area contributed by atoms with E-state index >= 15 is 0 Å². The molecule has 0 spiro atoms. The molecule has 20 heavy (non-hydrogen) atoms. The minimum absolute atomic E-state index is 0.0749. The van der Waals surface area contributed by atoms with Gasteiger partial charge in [-0.25, -0.2) is 0 Å². The molecule has 0 N–H and O–H groups in total. The monoisotopic (exact) mass is 272 g/mol. The molecule has 1 atom stereocenters. The van der Waals surface area contributed by atoms with Crippen molar-refractivity contribution in [3.05, 3.63) is 35.4 Å². The van der Waals surface area contributed by atoms with Gasteiger partial charge in [0.05, 0.1) is 0 Å². The van der Waals surface area contributed by atoms with Gasteiger partial charge in [-0.3, -0.25) is 9.59 Å². The van der Waals surface area contributed by atoms with Crippen molar-refractivity contribution in [1.82, 2.24) is 9.80 Å². The van der Waals surface area contributed by atoms with E-state index in [0.717, 1.165) is 37.3 Å². The highest BCUT2D eigenvalue weighted by Gasteiger charge is 2.31. The number of Topliss-reactive ketones (excluding diaryl/α,β-unsaturated/α-hetero) is 1. The minimum Gasteiger partial charge on any atom is -0.340 e. The maximum absolute atomic E-state index is 12.4. The molecule has 1 amide bonds. The summed E-state index contributed by atoms with van der Waals surface area (Å²) in [6, 6.07) is 7.70. The van der Waals surface area contributed by atoms with Gasteiger partial charge in [-0.1, -0.05) is 24.3 Å². The van der Waals surface area contributed by atoms with E-state index < -0.39 is 0 Å². The van der Waals surface area contributed by atoms with Crippen LogP contribution in [0.25, 0.3) is 0 Å². The van der Waals surface area contributed by atoms with Crippen LogP contribution in [0.15, 0.2) is 24.3 Å². The Kier molecular flexibility index (Phi) is 3.57. The van der Waals surface area contributed by atoms with Crippen LogP contribution in [-0.2, 0) is 4.79 Å². The van der Waals surface area contributed by atoms with Crippen LogP contribution in [0.4, 0.5) is 0 Å². The normalized spacial score (nSPS) is 22.9. The molecule has 1 aliphatic carbocycles. The number of fused-ring (bicyclic) bond motifs is 1. The maximum Gasteiger partial charge on any atom is 0.223 e. The SMILES string of the molecule is CN1CCN(C(=O)CC2CC(=O)c3ccccc32)CC1. The third-order valence-electron chi connectivity index (χ3n) is 4.41. The molecule has 2 aliphatic rings. The molecule has 0 saturated carbocycles. The molecule has 1 fully saturated rings. The molecular formula is C16H20N2O2. The summed E-state index contributed by atoms with van der Waals surface area (Å²) in [7, 11) is 2.08. The van der Waals surface area contributed by atoms with E-state index in [1.165, 1.54) is 0 Å². The first-order valence-electron chi connectivity index (χ1n) is 7.23. The van der Waals surface area contributed by atoms with Crippen LogP contribution < -0.4 is 0 Å². The summed E-state index contributed by atoms with van der Waals surface area (Å²) < 4.78 is 0. The molecule has 106 valence electrons. The lowest BCUT2D eigenvalue weighted by atomic mass is 9.97. The van der Waals surface area contributed by atoms with E-state index in [1.807, 2.05) is 29.2 Å². The Morgan fingerprint density at radius 3 is 2.65 bits per heavy atom. The second-order valence-electron chi connectivity index (χ2n) is 5.80. The Hall–Kier alpha value is -1.68. The van der Waals surface area contributed by atoms with Gasteiger partial charge in [0, 0.05) is 50.5 Å². The fourth-order valence-electron chi connectivity index (χ4n) is 3.13. The van der Waals surface area contributed by atoms with Crippen LogP contribution in [0.1, 0.15) is 34.7 Å². The molecule has 1 saturated heterocycles. The van der Waals surface area contributed by atoms with E-state index in [0.29, 0.717) is 12.8 Å². The van der Waals surface area contributed by atoms with Gasteiger partial charge in [0.25, 0.3) is 0 Å². The van der Waals surface area contributed by atoms with Crippen molar-refractivity contribution in [3.63, 3.8) is 0 Å². The number of carbonyl (C=O) groups excluding carboxylic acids is 2. The van der Waals surface area contributed by atoms with Gasteiger partial charge in [0.1, 0.15) is 0 Å². The first-order chi connectivity index (χ1) is 9.65. The molecule has 4 nitrogen and oxygen atoms in total. The van der Waals surface area contributed by atoms with Crippen molar-refractivity contribution >= 4 is 11.7 Å². The molecule has 1 aromatic rings. The average Bonchev–Trinajstić information content (AvgIpc) is 2.77. The number of piperazine rings is 1. The fourth-order valence-corrected chi connectivity index (χ4v) is 3.13. The lowest BCUT2D eigenvalue weighted by Gasteiger charge is -2.33. The number of amides is 1. The maximum atomic E-state index is 12.4. The molecule has 1 heterocycles. The second-order valence-corrected chi connectivity index (χ2v) is 5.80. The molecular weight excluding hydrogens is 252 g/mol. The van der Waals surface area contributed by atoms with Gasteiger partial charge >= 0.3 is 0 Å². The third kappa shape index (κ3) is 2.48. The van der Waals surface area contributed by atoms with Crippen molar-refractivity contribution in [2.45, 2.75) is 18.8 Å². The predicted octanol–water partition coefficient (Wildman–Crippen LogP) is 1.52. The molecule has 1 aliphatic heterocycles. The first-order valence-corrected chi connectivity index (χ1v) is 7.23. The molecule has 0 aromatic heterocycles. The zero-order chi connectivity index (χ0) is 14.1. The lowest BCUT2D eigenvalue weighted by molar-refractivity contribution is -0.133. The lowest BCUT2D eigenvalue weighted by Crippen LogP contribution is -2.47. The number of carbonyl (C=O) groups is 2. The smallest absolute Gasteiger partial charge is 0.223 e. The van der Waals surface area contributed by atoms with E-state index in [2.05, 4.69) is 11.9 Å². The second kappa shape index (κ2) is 5.37.